The average Bonchev–Trinajstić information content (AvgIpc) is 3.27. The lowest BCUT2D eigenvalue weighted by Crippen LogP contribution is -2.15. The molecule has 0 aliphatic rings. The van der Waals surface area contributed by atoms with Gasteiger partial charge in [-0.15, -0.1) is 10.2 Å². The number of carbonyl (C=O) groups is 1. The minimum atomic E-state index is -0.168. The monoisotopic (exact) mass is 527 g/mol. The Morgan fingerprint density at radius 1 is 1.06 bits per heavy atom. The lowest BCUT2D eigenvalue weighted by molar-refractivity contribution is -0.113. The molecular formula is C25H23Cl2N5O2S. The Balaban J connectivity index is 1.51. The number of methoxy groups -OCH3 is 1. The normalized spacial score (nSPS) is 10.7. The number of aromatic nitrogens is 3. The van der Waals surface area contributed by atoms with Crippen LogP contribution in [0.15, 0.2) is 71.9 Å². The first kappa shape index (κ1) is 24.9. The molecule has 1 heterocycles. The van der Waals surface area contributed by atoms with Gasteiger partial charge in [0.15, 0.2) is 11.0 Å². The number of nitrogens with one attached hydrogen (secondary N) is 2. The Labute approximate surface area is 217 Å². The zero-order valence-electron chi connectivity index (χ0n) is 19.1. The SMILES string of the molecule is COc1ccc(NCc2nnc(SCC(=O)Nc3cccc(Cl)c3C)n2-c2cccc(Cl)c2)cc1. The largest absolute Gasteiger partial charge is 0.497 e. The molecule has 1 amide bonds. The van der Waals surface area contributed by atoms with Crippen LogP contribution >= 0.6 is 35.0 Å². The standard InChI is InChI=1S/C25H23Cl2N5O2S/c1-16-21(27)7-4-8-22(16)29-24(33)15-35-25-31-30-23(32(25)19-6-3-5-17(26)13-19)14-28-18-9-11-20(34-2)12-10-18/h3-13,28H,14-15H2,1-2H3,(H,29,33). The van der Waals surface area contributed by atoms with Gasteiger partial charge in [-0.3, -0.25) is 9.36 Å². The van der Waals surface area contributed by atoms with E-state index in [-0.39, 0.29) is 11.7 Å². The van der Waals surface area contributed by atoms with Gasteiger partial charge >= 0.3 is 0 Å². The third kappa shape index (κ3) is 6.28. The summed E-state index contributed by atoms with van der Waals surface area (Å²) < 4.78 is 7.10. The van der Waals surface area contributed by atoms with Crippen molar-refractivity contribution in [3.8, 4) is 11.4 Å². The van der Waals surface area contributed by atoms with Crippen molar-refractivity contribution in [2.75, 3.05) is 23.5 Å². The van der Waals surface area contributed by atoms with Crippen LogP contribution in [0.4, 0.5) is 11.4 Å². The summed E-state index contributed by atoms with van der Waals surface area (Å²) in [6, 6.07) is 20.4. The molecular weight excluding hydrogens is 505 g/mol. The van der Waals surface area contributed by atoms with Crippen molar-refractivity contribution in [3.05, 3.63) is 88.2 Å². The van der Waals surface area contributed by atoms with Gasteiger partial charge in [0.1, 0.15) is 5.75 Å². The molecule has 3 aromatic carbocycles. The van der Waals surface area contributed by atoms with E-state index in [4.69, 9.17) is 27.9 Å². The van der Waals surface area contributed by atoms with Crippen molar-refractivity contribution in [1.29, 1.82) is 0 Å². The molecule has 0 spiro atoms. The number of anilines is 2. The number of amides is 1. The zero-order chi connectivity index (χ0) is 24.8. The highest BCUT2D eigenvalue weighted by molar-refractivity contribution is 7.99. The Bertz CT molecular complexity index is 1330. The van der Waals surface area contributed by atoms with Gasteiger partial charge in [0.2, 0.25) is 5.91 Å². The quantitative estimate of drug-likeness (QED) is 0.251. The molecule has 1 aromatic heterocycles. The third-order valence-electron chi connectivity index (χ3n) is 5.18. The molecule has 35 heavy (non-hydrogen) atoms. The minimum Gasteiger partial charge on any atom is -0.497 e. The summed E-state index contributed by atoms with van der Waals surface area (Å²) >= 11 is 13.7. The number of hydrogen-bond donors (Lipinski definition) is 2. The molecule has 0 aliphatic carbocycles. The number of hydrogen-bond acceptors (Lipinski definition) is 6. The second kappa shape index (κ2) is 11.5. The van der Waals surface area contributed by atoms with E-state index in [0.717, 1.165) is 22.7 Å². The predicted octanol–water partition coefficient (Wildman–Crippen LogP) is 6.23. The summed E-state index contributed by atoms with van der Waals surface area (Å²) in [5, 5.41) is 16.7. The van der Waals surface area contributed by atoms with Crippen LogP contribution in [0.25, 0.3) is 5.69 Å². The van der Waals surface area contributed by atoms with Gasteiger partial charge in [-0.1, -0.05) is 47.1 Å². The Morgan fingerprint density at radius 3 is 2.57 bits per heavy atom. The molecule has 10 heteroatoms. The molecule has 0 bridgehead atoms. The number of nitrogens with zero attached hydrogens (tertiary/aromatic N) is 3. The molecule has 0 unspecified atom stereocenters. The first-order valence-corrected chi connectivity index (χ1v) is 12.4. The fraction of sp³-hybridized carbons (Fsp3) is 0.160. The average molecular weight is 528 g/mol. The van der Waals surface area contributed by atoms with Crippen molar-refractivity contribution in [1.82, 2.24) is 14.8 Å². The van der Waals surface area contributed by atoms with Gasteiger partial charge in [0, 0.05) is 21.4 Å². The smallest absolute Gasteiger partial charge is 0.234 e. The summed E-state index contributed by atoms with van der Waals surface area (Å²) in [7, 11) is 1.63. The molecule has 0 fully saturated rings. The van der Waals surface area contributed by atoms with E-state index in [9.17, 15) is 4.79 Å². The van der Waals surface area contributed by atoms with Gasteiger partial charge in [-0.25, -0.2) is 0 Å². The minimum absolute atomic E-state index is 0.149. The summed E-state index contributed by atoms with van der Waals surface area (Å²) in [6.45, 7) is 2.28. The topological polar surface area (TPSA) is 81.1 Å². The molecule has 2 N–H and O–H groups in total. The van der Waals surface area contributed by atoms with E-state index in [0.29, 0.717) is 33.3 Å². The zero-order valence-corrected chi connectivity index (χ0v) is 21.4. The van der Waals surface area contributed by atoms with Crippen molar-refractivity contribution in [3.63, 3.8) is 0 Å². The second-order valence-electron chi connectivity index (χ2n) is 7.55. The molecule has 7 nitrogen and oxygen atoms in total. The molecule has 0 atom stereocenters. The van der Waals surface area contributed by atoms with Crippen LogP contribution in [-0.4, -0.2) is 33.5 Å². The maximum atomic E-state index is 12.6. The maximum absolute atomic E-state index is 12.6. The number of rotatable bonds is 9. The molecule has 0 saturated carbocycles. The van der Waals surface area contributed by atoms with Crippen LogP contribution < -0.4 is 15.4 Å². The highest BCUT2D eigenvalue weighted by atomic mass is 35.5. The van der Waals surface area contributed by atoms with Gasteiger partial charge in [-0.2, -0.15) is 0 Å². The fourth-order valence-electron chi connectivity index (χ4n) is 3.33. The summed E-state index contributed by atoms with van der Waals surface area (Å²) in [6.07, 6.45) is 0. The Morgan fingerprint density at radius 2 is 1.83 bits per heavy atom. The van der Waals surface area contributed by atoms with Crippen molar-refractivity contribution in [2.24, 2.45) is 0 Å². The Hall–Kier alpha value is -3.20. The van der Waals surface area contributed by atoms with E-state index in [1.807, 2.05) is 60.0 Å². The van der Waals surface area contributed by atoms with Crippen molar-refractivity contribution < 1.29 is 9.53 Å². The summed E-state index contributed by atoms with van der Waals surface area (Å²) in [5.74, 6) is 1.44. The van der Waals surface area contributed by atoms with Gasteiger partial charge in [0.05, 0.1) is 25.1 Å². The van der Waals surface area contributed by atoms with Gasteiger partial charge < -0.3 is 15.4 Å². The van der Waals surface area contributed by atoms with E-state index in [1.165, 1.54) is 11.8 Å². The van der Waals surface area contributed by atoms with E-state index in [2.05, 4.69) is 20.8 Å². The molecule has 0 saturated heterocycles. The number of benzene rings is 3. The molecule has 4 aromatic rings. The van der Waals surface area contributed by atoms with Crippen LogP contribution in [-0.2, 0) is 11.3 Å². The first-order chi connectivity index (χ1) is 16.9. The lowest BCUT2D eigenvalue weighted by Gasteiger charge is -2.12. The van der Waals surface area contributed by atoms with Crippen LogP contribution in [0.2, 0.25) is 10.0 Å². The summed E-state index contributed by atoms with van der Waals surface area (Å²) in [5.41, 5.74) is 3.23. The predicted molar refractivity (Wildman–Crippen MR) is 142 cm³/mol. The van der Waals surface area contributed by atoms with E-state index >= 15 is 0 Å². The lowest BCUT2D eigenvalue weighted by atomic mass is 10.2. The first-order valence-electron chi connectivity index (χ1n) is 10.7. The number of thioether (sulfide) groups is 1. The van der Waals surface area contributed by atoms with Crippen LogP contribution in [0.3, 0.4) is 0 Å². The molecule has 0 aliphatic heterocycles. The molecule has 4 rings (SSSR count). The highest BCUT2D eigenvalue weighted by Crippen LogP contribution is 2.26. The van der Waals surface area contributed by atoms with Gasteiger partial charge in [-0.05, 0) is 67.1 Å². The number of carbonyl (C=O) groups excluding carboxylic acids is 1. The van der Waals surface area contributed by atoms with E-state index < -0.39 is 0 Å². The maximum Gasteiger partial charge on any atom is 0.234 e. The fourth-order valence-corrected chi connectivity index (χ4v) is 4.46. The molecule has 0 radical (unpaired) electrons. The Kier molecular flexibility index (Phi) is 8.17. The van der Waals surface area contributed by atoms with Crippen molar-refractivity contribution >= 4 is 52.2 Å². The van der Waals surface area contributed by atoms with Crippen LogP contribution in [0.5, 0.6) is 5.75 Å². The van der Waals surface area contributed by atoms with E-state index in [1.54, 1.807) is 25.3 Å². The third-order valence-corrected chi connectivity index (χ3v) is 6.76. The molecule has 180 valence electrons. The summed E-state index contributed by atoms with van der Waals surface area (Å²) in [4.78, 5) is 12.6. The highest BCUT2D eigenvalue weighted by Gasteiger charge is 2.17. The number of ether oxygens (including phenoxy) is 1. The van der Waals surface area contributed by atoms with Crippen LogP contribution in [0.1, 0.15) is 11.4 Å². The van der Waals surface area contributed by atoms with Crippen LogP contribution in [0, 0.1) is 6.92 Å². The number of halogens is 2. The van der Waals surface area contributed by atoms with Gasteiger partial charge in [0.25, 0.3) is 0 Å². The van der Waals surface area contributed by atoms with Crippen molar-refractivity contribution in [2.45, 2.75) is 18.6 Å². The second-order valence-corrected chi connectivity index (χ2v) is 9.33.